The zero-order valence-corrected chi connectivity index (χ0v) is 29.9. The lowest BCUT2D eigenvalue weighted by atomic mass is 9.84. The van der Waals surface area contributed by atoms with E-state index in [2.05, 4.69) is 185 Å². The second-order valence-electron chi connectivity index (χ2n) is 14.2. The Bertz CT molecular complexity index is 3250. The van der Waals surface area contributed by atoms with E-state index in [4.69, 9.17) is 4.98 Å². The number of rotatable bonds is 5. The van der Waals surface area contributed by atoms with Gasteiger partial charge in [-0.15, -0.1) is 0 Å². The van der Waals surface area contributed by atoms with Gasteiger partial charge in [-0.25, -0.2) is 4.98 Å². The standard InChI is InChI=1S/C52H33N3/c1-2-12-37(13-3-1)52-54-48-33-53-29-28-49(48)55(52)43-25-22-36(23-26-43)40-24-27-46-47(32-40)51(42-21-19-35-11-5-7-15-39(35)31-42)45-17-9-8-16-44(45)50(46)41-20-18-34-10-4-6-14-38(34)30-41/h1-33H. The van der Waals surface area contributed by atoms with E-state index in [-0.39, 0.29) is 0 Å². The maximum atomic E-state index is 5.01. The van der Waals surface area contributed by atoms with Crippen LogP contribution in [-0.4, -0.2) is 14.5 Å². The fourth-order valence-corrected chi connectivity index (χ4v) is 8.45. The van der Waals surface area contributed by atoms with Gasteiger partial charge in [-0.05, 0) is 113 Å². The highest BCUT2D eigenvalue weighted by Gasteiger charge is 2.19. The molecule has 0 aliphatic rings. The van der Waals surface area contributed by atoms with Crippen LogP contribution in [-0.2, 0) is 0 Å². The predicted molar refractivity (Wildman–Crippen MR) is 231 cm³/mol. The third-order valence-corrected chi connectivity index (χ3v) is 11.0. The summed E-state index contributed by atoms with van der Waals surface area (Å²) in [6.07, 6.45) is 3.67. The molecule has 0 aliphatic carbocycles. The smallest absolute Gasteiger partial charge is 0.145 e. The van der Waals surface area contributed by atoms with Crippen LogP contribution in [0.1, 0.15) is 0 Å². The quantitative estimate of drug-likeness (QED) is 0.167. The molecule has 9 aromatic carbocycles. The monoisotopic (exact) mass is 699 g/mol. The van der Waals surface area contributed by atoms with E-state index in [9.17, 15) is 0 Å². The molecule has 0 saturated heterocycles. The van der Waals surface area contributed by atoms with Crippen LogP contribution in [0.2, 0.25) is 0 Å². The van der Waals surface area contributed by atoms with Gasteiger partial charge < -0.3 is 0 Å². The predicted octanol–water partition coefficient (Wildman–Crippen LogP) is 13.7. The number of pyridine rings is 1. The molecule has 3 nitrogen and oxygen atoms in total. The van der Waals surface area contributed by atoms with Gasteiger partial charge in [-0.3, -0.25) is 9.55 Å². The third kappa shape index (κ3) is 5.20. The van der Waals surface area contributed by atoms with E-state index < -0.39 is 0 Å². The Balaban J connectivity index is 1.13. The Labute approximate surface area is 318 Å². The Kier molecular flexibility index (Phi) is 7.17. The van der Waals surface area contributed by atoms with Crippen LogP contribution < -0.4 is 0 Å². The molecule has 0 amide bonds. The van der Waals surface area contributed by atoms with E-state index >= 15 is 0 Å². The van der Waals surface area contributed by atoms with E-state index in [0.29, 0.717) is 0 Å². The topological polar surface area (TPSA) is 30.7 Å². The summed E-state index contributed by atoms with van der Waals surface area (Å²) in [7, 11) is 0. The van der Waals surface area contributed by atoms with Crippen LogP contribution >= 0.6 is 0 Å². The molecule has 0 unspecified atom stereocenters. The lowest BCUT2D eigenvalue weighted by Gasteiger charge is -2.19. The van der Waals surface area contributed by atoms with E-state index in [1.54, 1.807) is 0 Å². The van der Waals surface area contributed by atoms with Crippen molar-refractivity contribution >= 4 is 54.1 Å². The van der Waals surface area contributed by atoms with Crippen LogP contribution in [0.25, 0.3) is 105 Å². The van der Waals surface area contributed by atoms with Gasteiger partial charge in [-0.1, -0.05) is 152 Å². The Morgan fingerprint density at radius 1 is 0.364 bits per heavy atom. The van der Waals surface area contributed by atoms with E-state index in [1.807, 2.05) is 24.5 Å². The average Bonchev–Trinajstić information content (AvgIpc) is 3.65. The van der Waals surface area contributed by atoms with Crippen molar-refractivity contribution in [3.8, 4) is 50.5 Å². The van der Waals surface area contributed by atoms with Crippen molar-refractivity contribution in [3.63, 3.8) is 0 Å². The normalized spacial score (nSPS) is 11.6. The SMILES string of the molecule is c1ccc(-c2nc3cnccc3n2-c2ccc(-c3ccc4c(-c5ccc6ccccc6c5)c5ccccc5c(-c5ccc6ccccc6c5)c4c3)cc2)cc1. The number of hydrogen-bond acceptors (Lipinski definition) is 2. The molecule has 2 heterocycles. The van der Waals surface area contributed by atoms with Gasteiger partial charge in [0.05, 0.1) is 11.7 Å². The first kappa shape index (κ1) is 31.2. The highest BCUT2D eigenvalue weighted by Crippen LogP contribution is 2.46. The summed E-state index contributed by atoms with van der Waals surface area (Å²) in [4.78, 5) is 9.37. The highest BCUT2D eigenvalue weighted by atomic mass is 15.1. The maximum Gasteiger partial charge on any atom is 0.145 e. The molecule has 11 aromatic rings. The number of benzene rings is 9. The summed E-state index contributed by atoms with van der Waals surface area (Å²) < 4.78 is 2.23. The van der Waals surface area contributed by atoms with Crippen LogP contribution in [0.3, 0.4) is 0 Å². The molecule has 0 bridgehead atoms. The molecular formula is C52H33N3. The summed E-state index contributed by atoms with van der Waals surface area (Å²) in [5.41, 5.74) is 11.3. The first-order valence-corrected chi connectivity index (χ1v) is 18.7. The minimum absolute atomic E-state index is 0.871. The van der Waals surface area contributed by atoms with Gasteiger partial charge in [0.25, 0.3) is 0 Å². The van der Waals surface area contributed by atoms with E-state index in [0.717, 1.165) is 33.7 Å². The summed E-state index contributed by atoms with van der Waals surface area (Å²) >= 11 is 0. The molecule has 0 spiro atoms. The van der Waals surface area contributed by atoms with Crippen LogP contribution in [0, 0.1) is 0 Å². The van der Waals surface area contributed by atoms with Gasteiger partial charge in [0, 0.05) is 17.4 Å². The minimum Gasteiger partial charge on any atom is -0.292 e. The van der Waals surface area contributed by atoms with Crippen molar-refractivity contribution in [1.29, 1.82) is 0 Å². The number of hydrogen-bond donors (Lipinski definition) is 0. The number of nitrogens with zero attached hydrogens (tertiary/aromatic N) is 3. The lowest BCUT2D eigenvalue weighted by molar-refractivity contribution is 1.10. The van der Waals surface area contributed by atoms with Gasteiger partial charge in [0.1, 0.15) is 11.3 Å². The van der Waals surface area contributed by atoms with Crippen LogP contribution in [0.15, 0.2) is 200 Å². The first-order valence-electron chi connectivity index (χ1n) is 18.7. The Hall–Kier alpha value is -7.36. The summed E-state index contributed by atoms with van der Waals surface area (Å²) in [5.74, 6) is 0.898. The van der Waals surface area contributed by atoms with Crippen molar-refractivity contribution in [1.82, 2.24) is 14.5 Å². The lowest BCUT2D eigenvalue weighted by Crippen LogP contribution is -1.97. The third-order valence-electron chi connectivity index (χ3n) is 11.0. The van der Waals surface area contributed by atoms with Gasteiger partial charge in [0.2, 0.25) is 0 Å². The van der Waals surface area contributed by atoms with Gasteiger partial charge >= 0.3 is 0 Å². The molecule has 0 N–H and O–H groups in total. The maximum absolute atomic E-state index is 5.01. The first-order chi connectivity index (χ1) is 27.3. The number of fused-ring (bicyclic) bond motifs is 5. The molecule has 11 rings (SSSR count). The van der Waals surface area contributed by atoms with Crippen LogP contribution in [0.4, 0.5) is 0 Å². The van der Waals surface area contributed by atoms with Gasteiger partial charge in [0.15, 0.2) is 0 Å². The van der Waals surface area contributed by atoms with Crippen molar-refractivity contribution in [2.24, 2.45) is 0 Å². The molecule has 0 saturated carbocycles. The molecule has 0 atom stereocenters. The largest absolute Gasteiger partial charge is 0.292 e. The Morgan fingerprint density at radius 2 is 0.909 bits per heavy atom. The zero-order valence-electron chi connectivity index (χ0n) is 29.9. The summed E-state index contributed by atoms with van der Waals surface area (Å²) in [6, 6.07) is 68.3. The van der Waals surface area contributed by atoms with Gasteiger partial charge in [-0.2, -0.15) is 0 Å². The van der Waals surface area contributed by atoms with Crippen LogP contribution in [0.5, 0.6) is 0 Å². The molecule has 256 valence electrons. The second-order valence-corrected chi connectivity index (χ2v) is 14.2. The summed E-state index contributed by atoms with van der Waals surface area (Å²) in [6.45, 7) is 0. The average molecular weight is 700 g/mol. The van der Waals surface area contributed by atoms with Crippen molar-refractivity contribution in [2.45, 2.75) is 0 Å². The van der Waals surface area contributed by atoms with E-state index in [1.165, 1.54) is 70.9 Å². The fourth-order valence-electron chi connectivity index (χ4n) is 8.45. The second kappa shape index (κ2) is 12.6. The number of imidazole rings is 1. The molecule has 0 radical (unpaired) electrons. The molecule has 2 aromatic heterocycles. The Morgan fingerprint density at radius 3 is 1.58 bits per heavy atom. The molecular weight excluding hydrogens is 667 g/mol. The zero-order chi connectivity index (χ0) is 36.3. The summed E-state index contributed by atoms with van der Waals surface area (Å²) in [5, 5.41) is 9.94. The molecule has 55 heavy (non-hydrogen) atoms. The molecule has 0 aliphatic heterocycles. The molecule has 3 heteroatoms. The minimum atomic E-state index is 0.871. The van der Waals surface area contributed by atoms with Crippen molar-refractivity contribution < 1.29 is 0 Å². The van der Waals surface area contributed by atoms with Crippen molar-refractivity contribution in [3.05, 3.63) is 200 Å². The highest BCUT2D eigenvalue weighted by molar-refractivity contribution is 6.22. The van der Waals surface area contributed by atoms with Crippen molar-refractivity contribution in [2.75, 3.05) is 0 Å². The molecule has 0 fully saturated rings. The fraction of sp³-hybridized carbons (Fsp3) is 0. The number of aromatic nitrogens is 3.